The van der Waals surface area contributed by atoms with Crippen LogP contribution in [0.1, 0.15) is 35.2 Å². The lowest BCUT2D eigenvalue weighted by atomic mass is 10.0. The average Bonchev–Trinajstić information content (AvgIpc) is 3.31. The number of pyridine rings is 1. The number of aromatic nitrogens is 1. The number of amides is 2. The van der Waals surface area contributed by atoms with Gasteiger partial charge in [-0.15, -0.1) is 0 Å². The maximum Gasteiger partial charge on any atom is 0.254 e. The van der Waals surface area contributed by atoms with Crippen molar-refractivity contribution in [3.63, 3.8) is 0 Å². The van der Waals surface area contributed by atoms with Crippen molar-refractivity contribution in [3.05, 3.63) is 71.7 Å². The Labute approximate surface area is 235 Å². The van der Waals surface area contributed by atoms with Crippen molar-refractivity contribution in [2.45, 2.75) is 25.4 Å². The van der Waals surface area contributed by atoms with Gasteiger partial charge in [-0.2, -0.15) is 5.26 Å². The predicted molar refractivity (Wildman–Crippen MR) is 148 cm³/mol. The third-order valence-corrected chi connectivity index (χ3v) is 7.37. The lowest BCUT2D eigenvalue weighted by Crippen LogP contribution is -2.34. The minimum absolute atomic E-state index is 0.00380. The smallest absolute Gasteiger partial charge is 0.254 e. The maximum absolute atomic E-state index is 15.3. The second kappa shape index (κ2) is 11.4. The molecule has 4 heterocycles. The van der Waals surface area contributed by atoms with Crippen LogP contribution < -0.4 is 10.1 Å². The molecule has 208 valence electrons. The zero-order valence-electron chi connectivity index (χ0n) is 22.2. The molecule has 2 saturated heterocycles. The van der Waals surface area contributed by atoms with Crippen LogP contribution in [0.4, 0.5) is 4.39 Å². The molecule has 9 nitrogen and oxygen atoms in total. The minimum atomic E-state index is -0.609. The maximum atomic E-state index is 15.3. The number of furan rings is 1. The molecule has 2 amide bonds. The van der Waals surface area contributed by atoms with Crippen molar-refractivity contribution >= 4 is 22.9 Å². The summed E-state index contributed by atoms with van der Waals surface area (Å²) in [4.78, 5) is 30.5. The fourth-order valence-electron chi connectivity index (χ4n) is 5.16. The Morgan fingerprint density at radius 2 is 1.95 bits per heavy atom. The van der Waals surface area contributed by atoms with Crippen LogP contribution in [-0.2, 0) is 9.53 Å². The molecule has 6 rings (SSSR count). The van der Waals surface area contributed by atoms with Crippen LogP contribution in [0.3, 0.4) is 0 Å². The SMILES string of the molecule is N#Cc1cc(-c2ccnc3cc(-c4ccc(C(=O)N5CCNC(=O)CC5)cc4F)oc23)ccc1OC1CCOCC1. The molecule has 41 heavy (non-hydrogen) atoms. The topological polar surface area (TPSA) is 118 Å². The number of carbonyl (C=O) groups excluding carboxylic acids is 2. The number of nitriles is 1. The molecule has 2 aliphatic heterocycles. The van der Waals surface area contributed by atoms with Crippen LogP contribution in [-0.4, -0.2) is 60.7 Å². The number of ether oxygens (including phenoxy) is 2. The van der Waals surface area contributed by atoms with E-state index in [0.717, 1.165) is 18.4 Å². The molecule has 1 N–H and O–H groups in total. The first kappa shape index (κ1) is 26.5. The van der Waals surface area contributed by atoms with Gasteiger partial charge in [0.15, 0.2) is 5.58 Å². The first-order chi connectivity index (χ1) is 20.0. The lowest BCUT2D eigenvalue weighted by Gasteiger charge is -2.23. The number of benzene rings is 2. The van der Waals surface area contributed by atoms with Gasteiger partial charge < -0.3 is 24.1 Å². The van der Waals surface area contributed by atoms with Gasteiger partial charge >= 0.3 is 0 Å². The summed E-state index contributed by atoms with van der Waals surface area (Å²) in [6.07, 6.45) is 3.39. The molecular formula is C31H27FN4O5. The highest BCUT2D eigenvalue weighted by Gasteiger charge is 2.23. The highest BCUT2D eigenvalue weighted by molar-refractivity contribution is 5.96. The Balaban J connectivity index is 1.28. The zero-order chi connectivity index (χ0) is 28.3. The number of carbonyl (C=O) groups is 2. The van der Waals surface area contributed by atoms with E-state index < -0.39 is 5.82 Å². The molecule has 0 unspecified atom stereocenters. The fraction of sp³-hybridized carbons (Fsp3) is 0.290. The molecule has 10 heteroatoms. The average molecular weight is 555 g/mol. The second-order valence-electron chi connectivity index (χ2n) is 10.0. The molecule has 2 aromatic heterocycles. The summed E-state index contributed by atoms with van der Waals surface area (Å²) >= 11 is 0. The summed E-state index contributed by atoms with van der Waals surface area (Å²) in [7, 11) is 0. The zero-order valence-corrected chi connectivity index (χ0v) is 22.2. The molecule has 2 fully saturated rings. The van der Waals surface area contributed by atoms with Crippen LogP contribution in [0.5, 0.6) is 5.75 Å². The van der Waals surface area contributed by atoms with Crippen LogP contribution in [0.2, 0.25) is 0 Å². The number of halogens is 1. The van der Waals surface area contributed by atoms with Crippen molar-refractivity contribution < 1.29 is 27.9 Å². The lowest BCUT2D eigenvalue weighted by molar-refractivity contribution is -0.120. The molecule has 2 aliphatic rings. The van der Waals surface area contributed by atoms with Crippen molar-refractivity contribution in [2.75, 3.05) is 32.8 Å². The van der Waals surface area contributed by atoms with E-state index in [2.05, 4.69) is 16.4 Å². The van der Waals surface area contributed by atoms with Crippen LogP contribution in [0.25, 0.3) is 33.6 Å². The molecule has 2 aromatic carbocycles. The third-order valence-electron chi connectivity index (χ3n) is 7.37. The molecule has 0 spiro atoms. The van der Waals surface area contributed by atoms with Gasteiger partial charge in [-0.25, -0.2) is 4.39 Å². The van der Waals surface area contributed by atoms with Gasteiger partial charge in [-0.05, 0) is 42.0 Å². The van der Waals surface area contributed by atoms with Crippen molar-refractivity contribution in [1.82, 2.24) is 15.2 Å². The molecule has 0 radical (unpaired) electrons. The summed E-state index contributed by atoms with van der Waals surface area (Å²) in [5, 5.41) is 12.5. The van der Waals surface area contributed by atoms with E-state index >= 15 is 4.39 Å². The number of nitrogens with zero attached hydrogens (tertiary/aromatic N) is 3. The Bertz CT molecular complexity index is 1670. The van der Waals surface area contributed by atoms with Crippen LogP contribution in [0, 0.1) is 17.1 Å². The molecule has 4 aromatic rings. The Kier molecular flexibility index (Phi) is 7.35. The van der Waals surface area contributed by atoms with Gasteiger partial charge in [0.1, 0.15) is 35.0 Å². The second-order valence-corrected chi connectivity index (χ2v) is 10.0. The fourth-order valence-corrected chi connectivity index (χ4v) is 5.16. The quantitative estimate of drug-likeness (QED) is 0.380. The van der Waals surface area contributed by atoms with Gasteiger partial charge in [0.25, 0.3) is 5.91 Å². The monoisotopic (exact) mass is 554 g/mol. The molecule has 0 bridgehead atoms. The summed E-state index contributed by atoms with van der Waals surface area (Å²) in [6.45, 7) is 2.28. The van der Waals surface area contributed by atoms with E-state index in [1.807, 2.05) is 6.07 Å². The highest BCUT2D eigenvalue weighted by atomic mass is 19.1. The van der Waals surface area contributed by atoms with Gasteiger partial charge in [-0.1, -0.05) is 6.07 Å². The number of hydrogen-bond donors (Lipinski definition) is 1. The van der Waals surface area contributed by atoms with Crippen LogP contribution >= 0.6 is 0 Å². The highest BCUT2D eigenvalue weighted by Crippen LogP contribution is 2.36. The Morgan fingerprint density at radius 3 is 2.76 bits per heavy atom. The largest absolute Gasteiger partial charge is 0.489 e. The van der Waals surface area contributed by atoms with Crippen molar-refractivity contribution in [2.24, 2.45) is 0 Å². The Morgan fingerprint density at radius 1 is 1.10 bits per heavy atom. The summed E-state index contributed by atoms with van der Waals surface area (Å²) in [5.74, 6) is -0.267. The molecule has 0 saturated carbocycles. The van der Waals surface area contributed by atoms with E-state index in [0.29, 0.717) is 54.3 Å². The van der Waals surface area contributed by atoms with Gasteiger partial charge in [0, 0.05) is 62.3 Å². The van der Waals surface area contributed by atoms with Crippen LogP contribution in [0.15, 0.2) is 59.1 Å². The number of nitrogens with one attached hydrogen (secondary N) is 1. The normalized spacial score (nSPS) is 16.2. The molecule has 0 aliphatic carbocycles. The summed E-state index contributed by atoms with van der Waals surface area (Å²) in [6, 6.07) is 15.3. The van der Waals surface area contributed by atoms with E-state index in [-0.39, 0.29) is 47.8 Å². The first-order valence-corrected chi connectivity index (χ1v) is 13.5. The predicted octanol–water partition coefficient (Wildman–Crippen LogP) is 4.69. The van der Waals surface area contributed by atoms with E-state index in [9.17, 15) is 14.9 Å². The Hall–Kier alpha value is -4.75. The van der Waals surface area contributed by atoms with Gasteiger partial charge in [0.05, 0.1) is 24.3 Å². The number of rotatable bonds is 5. The number of fused-ring (bicyclic) bond motifs is 1. The third kappa shape index (κ3) is 5.49. The van der Waals surface area contributed by atoms with Crippen molar-refractivity contribution in [1.29, 1.82) is 5.26 Å². The number of hydrogen-bond acceptors (Lipinski definition) is 7. The van der Waals surface area contributed by atoms with Gasteiger partial charge in [0.2, 0.25) is 5.91 Å². The van der Waals surface area contributed by atoms with E-state index in [4.69, 9.17) is 13.9 Å². The first-order valence-electron chi connectivity index (χ1n) is 13.5. The summed E-state index contributed by atoms with van der Waals surface area (Å²) < 4.78 is 32.9. The molecule has 0 atom stereocenters. The van der Waals surface area contributed by atoms with E-state index in [1.165, 1.54) is 12.1 Å². The summed E-state index contributed by atoms with van der Waals surface area (Å²) in [5.41, 5.74) is 3.21. The van der Waals surface area contributed by atoms with Crippen molar-refractivity contribution in [3.8, 4) is 34.3 Å². The standard InChI is InChI=1S/C31H27FN4O5/c32-25-16-20(31(38)36-11-6-29(37)35-10-12-36)1-3-24(25)28-17-26-30(41-28)23(5-9-34-26)19-2-4-27(21(15-19)18-33)40-22-7-13-39-14-8-22/h1-5,9,15-17,22H,6-8,10-14H2,(H,35,37). The minimum Gasteiger partial charge on any atom is -0.489 e. The van der Waals surface area contributed by atoms with E-state index in [1.54, 1.807) is 41.4 Å². The van der Waals surface area contributed by atoms with Gasteiger partial charge in [-0.3, -0.25) is 14.6 Å². The molecular weight excluding hydrogens is 527 g/mol.